The van der Waals surface area contributed by atoms with Gasteiger partial charge in [-0.05, 0) is 37.6 Å². The van der Waals surface area contributed by atoms with Crippen LogP contribution in [-0.4, -0.2) is 12.6 Å². The van der Waals surface area contributed by atoms with Gasteiger partial charge < -0.3 is 5.32 Å². The lowest BCUT2D eigenvalue weighted by atomic mass is 9.90. The first-order valence-corrected chi connectivity index (χ1v) is 9.53. The van der Waals surface area contributed by atoms with E-state index in [1.54, 1.807) is 0 Å². The van der Waals surface area contributed by atoms with Crippen LogP contribution in [0.1, 0.15) is 97.8 Å². The highest BCUT2D eigenvalue weighted by molar-refractivity contribution is 4.86. The van der Waals surface area contributed by atoms with Crippen molar-refractivity contribution in [3.63, 3.8) is 0 Å². The van der Waals surface area contributed by atoms with Crippen LogP contribution >= 0.6 is 0 Å². The number of hydrogen-bond acceptors (Lipinski definition) is 1. The molecule has 0 aromatic heterocycles. The van der Waals surface area contributed by atoms with Gasteiger partial charge in [-0.1, -0.05) is 78.6 Å². The smallest absolute Gasteiger partial charge is 0.00954 e. The third-order valence-electron chi connectivity index (χ3n) is 5.31. The Balaban J connectivity index is 1.97. The number of hydrogen-bond donors (Lipinski definition) is 1. The zero-order chi connectivity index (χ0) is 14.6. The zero-order valence-corrected chi connectivity index (χ0v) is 14.4. The van der Waals surface area contributed by atoms with Gasteiger partial charge >= 0.3 is 0 Å². The highest BCUT2D eigenvalue weighted by Gasteiger charge is 2.31. The summed E-state index contributed by atoms with van der Waals surface area (Å²) in [6, 6.07) is 0.814. The van der Waals surface area contributed by atoms with Crippen molar-refractivity contribution < 1.29 is 0 Å². The molecule has 1 saturated carbocycles. The van der Waals surface area contributed by atoms with Gasteiger partial charge in [-0.3, -0.25) is 0 Å². The summed E-state index contributed by atoms with van der Waals surface area (Å²) in [6.45, 7) is 8.26. The summed E-state index contributed by atoms with van der Waals surface area (Å²) in [5.41, 5.74) is 0. The molecule has 1 heteroatoms. The fourth-order valence-electron chi connectivity index (χ4n) is 3.81. The maximum absolute atomic E-state index is 3.74. The molecule has 0 heterocycles. The van der Waals surface area contributed by atoms with Gasteiger partial charge in [0.15, 0.2) is 0 Å². The largest absolute Gasteiger partial charge is 0.314 e. The fraction of sp³-hybridized carbons (Fsp3) is 1.00. The molecule has 1 aliphatic rings. The van der Waals surface area contributed by atoms with Crippen molar-refractivity contribution in [1.82, 2.24) is 5.32 Å². The standard InChI is InChI=1S/C19H39N/c1-4-6-7-8-9-10-11-12-13-18-14-15-19(17(18)3)20-16-5-2/h17-20H,4-16H2,1-3H3. The van der Waals surface area contributed by atoms with E-state index in [4.69, 9.17) is 0 Å². The highest BCUT2D eigenvalue weighted by Crippen LogP contribution is 2.35. The molecule has 1 fully saturated rings. The third-order valence-corrected chi connectivity index (χ3v) is 5.31. The van der Waals surface area contributed by atoms with Crippen molar-refractivity contribution in [3.05, 3.63) is 0 Å². The van der Waals surface area contributed by atoms with Gasteiger partial charge in [0.1, 0.15) is 0 Å². The third kappa shape index (κ3) is 7.11. The Kier molecular flexibility index (Phi) is 10.4. The van der Waals surface area contributed by atoms with E-state index < -0.39 is 0 Å². The first-order valence-electron chi connectivity index (χ1n) is 9.53. The van der Waals surface area contributed by atoms with Crippen LogP contribution in [0.3, 0.4) is 0 Å². The average molecular weight is 282 g/mol. The minimum atomic E-state index is 0.814. The van der Waals surface area contributed by atoms with E-state index in [0.717, 1.165) is 17.9 Å². The second-order valence-corrected chi connectivity index (χ2v) is 7.02. The Morgan fingerprint density at radius 3 is 2.10 bits per heavy atom. The summed E-state index contributed by atoms with van der Waals surface area (Å²) >= 11 is 0. The van der Waals surface area contributed by atoms with Crippen molar-refractivity contribution in [2.75, 3.05) is 6.54 Å². The lowest BCUT2D eigenvalue weighted by molar-refractivity contribution is 0.328. The molecule has 1 N–H and O–H groups in total. The van der Waals surface area contributed by atoms with Crippen molar-refractivity contribution in [3.8, 4) is 0 Å². The van der Waals surface area contributed by atoms with E-state index in [-0.39, 0.29) is 0 Å². The lowest BCUT2D eigenvalue weighted by Gasteiger charge is -2.21. The maximum Gasteiger partial charge on any atom is 0.00954 e. The molecule has 1 nitrogen and oxygen atoms in total. The van der Waals surface area contributed by atoms with Crippen LogP contribution < -0.4 is 5.32 Å². The average Bonchev–Trinajstić information content (AvgIpc) is 2.80. The van der Waals surface area contributed by atoms with E-state index in [9.17, 15) is 0 Å². The Labute approximate surface area is 128 Å². The predicted octanol–water partition coefficient (Wildman–Crippen LogP) is 5.93. The SMILES string of the molecule is CCCCCCCCCCC1CCC(NCCC)C1C. The second kappa shape index (κ2) is 11.6. The molecule has 0 radical (unpaired) electrons. The molecule has 1 aliphatic carbocycles. The van der Waals surface area contributed by atoms with Crippen molar-refractivity contribution in [2.24, 2.45) is 11.8 Å². The molecule has 0 aromatic carbocycles. The molecule has 0 saturated heterocycles. The van der Waals surface area contributed by atoms with Crippen LogP contribution in [0.15, 0.2) is 0 Å². The normalized spacial score (nSPS) is 26.2. The molecule has 3 atom stereocenters. The molecule has 20 heavy (non-hydrogen) atoms. The van der Waals surface area contributed by atoms with Gasteiger partial charge in [0.25, 0.3) is 0 Å². The number of nitrogens with one attached hydrogen (secondary N) is 1. The molecular formula is C19H39N. The van der Waals surface area contributed by atoms with Gasteiger partial charge in [0, 0.05) is 6.04 Å². The summed E-state index contributed by atoms with van der Waals surface area (Å²) in [6.07, 6.45) is 17.3. The topological polar surface area (TPSA) is 12.0 Å². The summed E-state index contributed by atoms with van der Waals surface area (Å²) in [5.74, 6) is 1.91. The molecular weight excluding hydrogens is 242 g/mol. The molecule has 1 rings (SSSR count). The van der Waals surface area contributed by atoms with E-state index in [0.29, 0.717) is 0 Å². The van der Waals surface area contributed by atoms with Crippen LogP contribution in [0, 0.1) is 11.8 Å². The van der Waals surface area contributed by atoms with E-state index >= 15 is 0 Å². The maximum atomic E-state index is 3.74. The number of rotatable bonds is 12. The predicted molar refractivity (Wildman–Crippen MR) is 91.2 cm³/mol. The summed E-state index contributed by atoms with van der Waals surface area (Å²) in [5, 5.41) is 3.74. The first-order chi connectivity index (χ1) is 9.79. The Hall–Kier alpha value is -0.0400. The molecule has 0 aromatic rings. The lowest BCUT2D eigenvalue weighted by Crippen LogP contribution is -2.33. The summed E-state index contributed by atoms with van der Waals surface area (Å²) < 4.78 is 0. The van der Waals surface area contributed by atoms with E-state index in [2.05, 4.69) is 26.1 Å². The Bertz CT molecular complexity index is 214. The van der Waals surface area contributed by atoms with Gasteiger partial charge in [0.2, 0.25) is 0 Å². The Morgan fingerprint density at radius 2 is 1.45 bits per heavy atom. The van der Waals surface area contributed by atoms with Crippen LogP contribution in [0.5, 0.6) is 0 Å². The quantitative estimate of drug-likeness (QED) is 0.437. The van der Waals surface area contributed by atoms with Crippen LogP contribution in [0.25, 0.3) is 0 Å². The second-order valence-electron chi connectivity index (χ2n) is 7.02. The molecule has 0 bridgehead atoms. The van der Waals surface area contributed by atoms with Gasteiger partial charge in [-0.2, -0.15) is 0 Å². The van der Waals surface area contributed by atoms with E-state index in [1.807, 2.05) is 0 Å². The Morgan fingerprint density at radius 1 is 0.800 bits per heavy atom. The van der Waals surface area contributed by atoms with Crippen molar-refractivity contribution >= 4 is 0 Å². The highest BCUT2D eigenvalue weighted by atomic mass is 14.9. The van der Waals surface area contributed by atoms with Crippen molar-refractivity contribution in [1.29, 1.82) is 0 Å². The van der Waals surface area contributed by atoms with Crippen LogP contribution in [-0.2, 0) is 0 Å². The summed E-state index contributed by atoms with van der Waals surface area (Å²) in [7, 11) is 0. The minimum absolute atomic E-state index is 0.814. The number of unbranched alkanes of at least 4 members (excludes halogenated alkanes) is 7. The van der Waals surface area contributed by atoms with Gasteiger partial charge in [-0.25, -0.2) is 0 Å². The van der Waals surface area contributed by atoms with Crippen molar-refractivity contribution in [2.45, 2.75) is 104 Å². The molecule has 0 amide bonds. The monoisotopic (exact) mass is 281 g/mol. The minimum Gasteiger partial charge on any atom is -0.314 e. The molecule has 120 valence electrons. The van der Waals surface area contributed by atoms with Gasteiger partial charge in [0.05, 0.1) is 0 Å². The summed E-state index contributed by atoms with van der Waals surface area (Å²) in [4.78, 5) is 0. The van der Waals surface area contributed by atoms with E-state index in [1.165, 1.54) is 83.6 Å². The first kappa shape index (κ1) is 18.0. The molecule has 3 unspecified atom stereocenters. The van der Waals surface area contributed by atoms with Crippen LogP contribution in [0.4, 0.5) is 0 Å². The molecule has 0 spiro atoms. The molecule has 0 aliphatic heterocycles. The fourth-order valence-corrected chi connectivity index (χ4v) is 3.81. The van der Waals surface area contributed by atoms with Crippen LogP contribution in [0.2, 0.25) is 0 Å². The zero-order valence-electron chi connectivity index (χ0n) is 14.4. The van der Waals surface area contributed by atoms with Gasteiger partial charge in [-0.15, -0.1) is 0 Å².